The number of nitrogens with one attached hydrogen (secondary N) is 2. The van der Waals surface area contributed by atoms with E-state index in [1.807, 2.05) is 31.2 Å². The molecular formula is C20H25N3O. The van der Waals surface area contributed by atoms with E-state index >= 15 is 0 Å². The lowest BCUT2D eigenvalue weighted by molar-refractivity contribution is 0.252. The molecule has 0 saturated heterocycles. The van der Waals surface area contributed by atoms with E-state index in [4.69, 9.17) is 0 Å². The maximum atomic E-state index is 12.0. The lowest BCUT2D eigenvalue weighted by Gasteiger charge is -2.31. The molecule has 1 aliphatic heterocycles. The molecule has 2 N–H and O–H groups in total. The molecule has 126 valence electrons. The molecule has 2 aromatic carbocycles. The fourth-order valence-corrected chi connectivity index (χ4v) is 3.20. The van der Waals surface area contributed by atoms with Crippen molar-refractivity contribution < 1.29 is 4.79 Å². The van der Waals surface area contributed by atoms with Gasteiger partial charge in [-0.05, 0) is 49.4 Å². The molecule has 24 heavy (non-hydrogen) atoms. The monoisotopic (exact) mass is 323 g/mol. The van der Waals surface area contributed by atoms with Crippen LogP contribution in [0, 0.1) is 6.92 Å². The number of carbonyl (C=O) groups excluding carboxylic acids is 1. The van der Waals surface area contributed by atoms with Crippen molar-refractivity contribution in [1.82, 2.24) is 5.32 Å². The number of fused-ring (bicyclic) bond motifs is 1. The fraction of sp³-hybridized carbons (Fsp3) is 0.350. The molecule has 0 fully saturated rings. The molecule has 2 amide bonds. The molecule has 0 aromatic heterocycles. The number of nitrogens with zero attached hydrogens (tertiary/aromatic N) is 1. The Balaban J connectivity index is 1.43. The molecule has 0 saturated carbocycles. The van der Waals surface area contributed by atoms with Gasteiger partial charge in [-0.15, -0.1) is 0 Å². The Morgan fingerprint density at radius 3 is 2.79 bits per heavy atom. The van der Waals surface area contributed by atoms with E-state index in [2.05, 4.69) is 39.8 Å². The standard InChI is InChI=1S/C20H25N3O/c1-16-8-2-4-11-18(16)22-20(24)21-13-7-15-23-14-6-10-17-9-3-5-12-19(17)23/h2-5,8-9,11-12H,6-7,10,13-15H2,1H3,(H2,21,22,24). The van der Waals surface area contributed by atoms with E-state index in [9.17, 15) is 4.79 Å². The zero-order valence-corrected chi connectivity index (χ0v) is 14.2. The van der Waals surface area contributed by atoms with Gasteiger partial charge in [0.2, 0.25) is 0 Å². The number of hydrogen-bond acceptors (Lipinski definition) is 2. The number of hydrogen-bond donors (Lipinski definition) is 2. The minimum Gasteiger partial charge on any atom is -0.371 e. The Bertz CT molecular complexity index is 699. The van der Waals surface area contributed by atoms with Crippen molar-refractivity contribution in [2.45, 2.75) is 26.2 Å². The predicted octanol–water partition coefficient (Wildman–Crippen LogP) is 3.96. The number of amides is 2. The first-order chi connectivity index (χ1) is 11.7. The van der Waals surface area contributed by atoms with Crippen molar-refractivity contribution >= 4 is 17.4 Å². The van der Waals surface area contributed by atoms with Gasteiger partial charge in [0.1, 0.15) is 0 Å². The second kappa shape index (κ2) is 7.86. The van der Waals surface area contributed by atoms with Gasteiger partial charge in [-0.2, -0.15) is 0 Å². The molecule has 4 nitrogen and oxygen atoms in total. The first-order valence-electron chi connectivity index (χ1n) is 8.67. The summed E-state index contributed by atoms with van der Waals surface area (Å²) in [6, 6.07) is 16.3. The third-order valence-corrected chi connectivity index (χ3v) is 4.49. The van der Waals surface area contributed by atoms with Crippen LogP contribution in [0.25, 0.3) is 0 Å². The van der Waals surface area contributed by atoms with Crippen LogP contribution < -0.4 is 15.5 Å². The quantitative estimate of drug-likeness (QED) is 0.818. The summed E-state index contributed by atoms with van der Waals surface area (Å²) in [5.74, 6) is 0. The summed E-state index contributed by atoms with van der Waals surface area (Å²) in [6.45, 7) is 4.74. The SMILES string of the molecule is Cc1ccccc1NC(=O)NCCCN1CCCc2ccccc21. The minimum atomic E-state index is -0.136. The number of rotatable bonds is 5. The molecule has 1 aliphatic rings. The van der Waals surface area contributed by atoms with E-state index in [1.165, 1.54) is 24.1 Å². The third-order valence-electron chi connectivity index (χ3n) is 4.49. The van der Waals surface area contributed by atoms with Gasteiger partial charge in [-0.3, -0.25) is 0 Å². The largest absolute Gasteiger partial charge is 0.371 e. The summed E-state index contributed by atoms with van der Waals surface area (Å²) in [4.78, 5) is 14.4. The van der Waals surface area contributed by atoms with Gasteiger partial charge < -0.3 is 15.5 Å². The van der Waals surface area contributed by atoms with Crippen LogP contribution in [-0.4, -0.2) is 25.7 Å². The van der Waals surface area contributed by atoms with Gasteiger partial charge >= 0.3 is 6.03 Å². The Morgan fingerprint density at radius 2 is 1.92 bits per heavy atom. The predicted molar refractivity (Wildman–Crippen MR) is 99.8 cm³/mol. The zero-order chi connectivity index (χ0) is 16.8. The van der Waals surface area contributed by atoms with Crippen molar-refractivity contribution in [3.8, 4) is 0 Å². The normalized spacial score (nSPS) is 13.3. The second-order valence-electron chi connectivity index (χ2n) is 6.27. The van der Waals surface area contributed by atoms with Crippen LogP contribution in [0.1, 0.15) is 24.0 Å². The number of para-hydroxylation sites is 2. The molecule has 0 radical (unpaired) electrons. The smallest absolute Gasteiger partial charge is 0.319 e. The van der Waals surface area contributed by atoms with Crippen LogP contribution >= 0.6 is 0 Å². The number of aryl methyl sites for hydroxylation is 2. The summed E-state index contributed by atoms with van der Waals surface area (Å²) in [6.07, 6.45) is 3.32. The van der Waals surface area contributed by atoms with Crippen LogP contribution in [0.4, 0.5) is 16.2 Å². The van der Waals surface area contributed by atoms with Gasteiger partial charge in [0.05, 0.1) is 0 Å². The van der Waals surface area contributed by atoms with Gasteiger partial charge in [0.25, 0.3) is 0 Å². The molecule has 0 atom stereocenters. The number of carbonyl (C=O) groups is 1. The highest BCUT2D eigenvalue weighted by Gasteiger charge is 2.15. The molecule has 3 rings (SSSR count). The van der Waals surface area contributed by atoms with Crippen molar-refractivity contribution in [2.24, 2.45) is 0 Å². The van der Waals surface area contributed by atoms with Gasteiger partial charge in [-0.1, -0.05) is 36.4 Å². The van der Waals surface area contributed by atoms with Gasteiger partial charge in [0.15, 0.2) is 0 Å². The van der Waals surface area contributed by atoms with E-state index in [-0.39, 0.29) is 6.03 Å². The van der Waals surface area contributed by atoms with Crippen molar-refractivity contribution in [1.29, 1.82) is 0 Å². The second-order valence-corrected chi connectivity index (χ2v) is 6.27. The van der Waals surface area contributed by atoms with Crippen LogP contribution in [0.2, 0.25) is 0 Å². The summed E-state index contributed by atoms with van der Waals surface area (Å²) >= 11 is 0. The first-order valence-corrected chi connectivity index (χ1v) is 8.67. The molecular weight excluding hydrogens is 298 g/mol. The van der Waals surface area contributed by atoms with Crippen molar-refractivity contribution in [3.05, 3.63) is 59.7 Å². The van der Waals surface area contributed by atoms with E-state index in [1.54, 1.807) is 0 Å². The van der Waals surface area contributed by atoms with E-state index in [0.717, 1.165) is 30.8 Å². The Labute approximate surface area is 143 Å². The highest BCUT2D eigenvalue weighted by Crippen LogP contribution is 2.26. The fourth-order valence-electron chi connectivity index (χ4n) is 3.20. The average Bonchev–Trinajstić information content (AvgIpc) is 2.61. The van der Waals surface area contributed by atoms with Crippen molar-refractivity contribution in [2.75, 3.05) is 29.9 Å². The third kappa shape index (κ3) is 4.07. The summed E-state index contributed by atoms with van der Waals surface area (Å²) in [5.41, 5.74) is 4.72. The topological polar surface area (TPSA) is 44.4 Å². The van der Waals surface area contributed by atoms with E-state index < -0.39 is 0 Å². The molecule has 0 spiro atoms. The summed E-state index contributed by atoms with van der Waals surface area (Å²) in [7, 11) is 0. The zero-order valence-electron chi connectivity index (χ0n) is 14.2. The maximum absolute atomic E-state index is 12.0. The molecule has 4 heteroatoms. The van der Waals surface area contributed by atoms with Crippen LogP contribution in [0.5, 0.6) is 0 Å². The molecule has 0 aliphatic carbocycles. The molecule has 0 bridgehead atoms. The first kappa shape index (κ1) is 16.4. The molecule has 0 unspecified atom stereocenters. The van der Waals surface area contributed by atoms with Gasteiger partial charge in [-0.25, -0.2) is 4.79 Å². The average molecular weight is 323 g/mol. The molecule has 2 aromatic rings. The number of anilines is 2. The summed E-state index contributed by atoms with van der Waals surface area (Å²) < 4.78 is 0. The maximum Gasteiger partial charge on any atom is 0.319 e. The van der Waals surface area contributed by atoms with Crippen LogP contribution in [0.15, 0.2) is 48.5 Å². The Kier molecular flexibility index (Phi) is 5.36. The van der Waals surface area contributed by atoms with E-state index in [0.29, 0.717) is 6.54 Å². The minimum absolute atomic E-state index is 0.136. The molecule has 1 heterocycles. The highest BCUT2D eigenvalue weighted by atomic mass is 16.2. The Morgan fingerprint density at radius 1 is 1.12 bits per heavy atom. The number of urea groups is 1. The Hall–Kier alpha value is -2.49. The van der Waals surface area contributed by atoms with Gasteiger partial charge in [0, 0.05) is 31.0 Å². The lowest BCUT2D eigenvalue weighted by Crippen LogP contribution is -2.34. The van der Waals surface area contributed by atoms with Crippen LogP contribution in [-0.2, 0) is 6.42 Å². The van der Waals surface area contributed by atoms with Crippen molar-refractivity contribution in [3.63, 3.8) is 0 Å². The highest BCUT2D eigenvalue weighted by molar-refractivity contribution is 5.89. The summed E-state index contributed by atoms with van der Waals surface area (Å²) in [5, 5.41) is 5.85. The lowest BCUT2D eigenvalue weighted by atomic mass is 10.0. The van der Waals surface area contributed by atoms with Crippen LogP contribution in [0.3, 0.4) is 0 Å². The number of benzene rings is 2.